The van der Waals surface area contributed by atoms with Crippen molar-refractivity contribution in [1.29, 1.82) is 0 Å². The number of aliphatic carboxylic acids is 1. The SMILES string of the molecule is COc1c(Br)cc(/C=N\N=C2\NC(=O)[C@@H](CC(=O)O)S2)cc1Br. The molecule has 0 aromatic heterocycles. The number of nitrogens with zero attached hydrogens (tertiary/aromatic N) is 2. The second kappa shape index (κ2) is 7.93. The van der Waals surface area contributed by atoms with Crippen molar-refractivity contribution in [2.75, 3.05) is 7.11 Å². The van der Waals surface area contributed by atoms with E-state index in [0.717, 1.165) is 26.3 Å². The fourth-order valence-corrected chi connectivity index (χ4v) is 4.20. The van der Waals surface area contributed by atoms with Gasteiger partial charge in [0.2, 0.25) is 5.91 Å². The molecule has 23 heavy (non-hydrogen) atoms. The van der Waals surface area contributed by atoms with E-state index in [4.69, 9.17) is 9.84 Å². The molecule has 0 spiro atoms. The average Bonchev–Trinajstić information content (AvgIpc) is 2.78. The van der Waals surface area contributed by atoms with E-state index in [1.54, 1.807) is 19.2 Å². The van der Waals surface area contributed by atoms with Gasteiger partial charge >= 0.3 is 5.97 Å². The van der Waals surface area contributed by atoms with Crippen LogP contribution in [0.15, 0.2) is 31.3 Å². The number of ether oxygens (including phenoxy) is 1. The van der Waals surface area contributed by atoms with Crippen LogP contribution in [0, 0.1) is 0 Å². The van der Waals surface area contributed by atoms with Crippen LogP contribution in [0.4, 0.5) is 0 Å². The summed E-state index contributed by atoms with van der Waals surface area (Å²) in [6, 6.07) is 3.61. The summed E-state index contributed by atoms with van der Waals surface area (Å²) < 4.78 is 6.72. The van der Waals surface area contributed by atoms with Crippen molar-refractivity contribution < 1.29 is 19.4 Å². The molecule has 0 bridgehead atoms. The monoisotopic (exact) mass is 463 g/mol. The minimum absolute atomic E-state index is 0.252. The third-order valence-electron chi connectivity index (χ3n) is 2.72. The number of hydrogen-bond donors (Lipinski definition) is 2. The van der Waals surface area contributed by atoms with Crippen LogP contribution in [0.3, 0.4) is 0 Å². The van der Waals surface area contributed by atoms with Gasteiger partial charge in [-0.25, -0.2) is 0 Å². The number of methoxy groups -OCH3 is 1. The zero-order valence-electron chi connectivity index (χ0n) is 11.7. The lowest BCUT2D eigenvalue weighted by molar-refractivity contribution is -0.138. The average molecular weight is 465 g/mol. The Morgan fingerprint density at radius 1 is 1.48 bits per heavy atom. The summed E-state index contributed by atoms with van der Waals surface area (Å²) in [6.07, 6.45) is 1.26. The van der Waals surface area contributed by atoms with Gasteiger partial charge in [-0.05, 0) is 49.6 Å². The number of hydrogen-bond acceptors (Lipinski definition) is 6. The highest BCUT2D eigenvalue weighted by Gasteiger charge is 2.32. The van der Waals surface area contributed by atoms with Crippen LogP contribution < -0.4 is 10.1 Å². The van der Waals surface area contributed by atoms with E-state index in [1.165, 1.54) is 6.21 Å². The van der Waals surface area contributed by atoms with Gasteiger partial charge in [-0.1, -0.05) is 11.8 Å². The van der Waals surface area contributed by atoms with Gasteiger partial charge < -0.3 is 15.2 Å². The smallest absolute Gasteiger partial charge is 0.305 e. The largest absolute Gasteiger partial charge is 0.494 e. The molecule has 1 aliphatic rings. The molecular formula is C13H11Br2N3O4S. The Morgan fingerprint density at radius 3 is 2.70 bits per heavy atom. The molecule has 1 aromatic rings. The summed E-state index contributed by atoms with van der Waals surface area (Å²) in [4.78, 5) is 22.2. The summed E-state index contributed by atoms with van der Waals surface area (Å²) in [5.41, 5.74) is 0.769. The fraction of sp³-hybridized carbons (Fsp3) is 0.231. The van der Waals surface area contributed by atoms with Crippen molar-refractivity contribution in [3.63, 3.8) is 0 Å². The number of carboxylic acids is 1. The molecule has 1 heterocycles. The van der Waals surface area contributed by atoms with Crippen molar-refractivity contribution >= 4 is 66.9 Å². The summed E-state index contributed by atoms with van der Waals surface area (Å²) >= 11 is 7.82. The molecule has 2 rings (SSSR count). The van der Waals surface area contributed by atoms with Gasteiger partial charge in [0.15, 0.2) is 5.17 Å². The molecule has 122 valence electrons. The molecule has 1 aliphatic heterocycles. The first-order valence-corrected chi connectivity index (χ1v) is 8.70. The molecule has 1 atom stereocenters. The first-order chi connectivity index (χ1) is 10.9. The number of amides is 1. The van der Waals surface area contributed by atoms with E-state index in [9.17, 15) is 9.59 Å². The molecule has 0 radical (unpaired) electrons. The van der Waals surface area contributed by atoms with E-state index < -0.39 is 11.2 Å². The number of carboxylic acid groups (broad SMARTS) is 1. The molecule has 1 saturated heterocycles. The molecule has 0 unspecified atom stereocenters. The highest BCUT2D eigenvalue weighted by molar-refractivity contribution is 9.11. The van der Waals surface area contributed by atoms with E-state index in [-0.39, 0.29) is 17.5 Å². The lowest BCUT2D eigenvalue weighted by atomic mass is 10.2. The molecular weight excluding hydrogens is 454 g/mol. The molecule has 2 N–H and O–H groups in total. The van der Waals surface area contributed by atoms with Gasteiger partial charge in [-0.2, -0.15) is 5.10 Å². The van der Waals surface area contributed by atoms with Crippen LogP contribution in [0.5, 0.6) is 5.75 Å². The highest BCUT2D eigenvalue weighted by atomic mass is 79.9. The third kappa shape index (κ3) is 4.79. The Hall–Kier alpha value is -1.39. The molecule has 1 amide bonds. The van der Waals surface area contributed by atoms with Crippen LogP contribution >= 0.6 is 43.6 Å². The van der Waals surface area contributed by atoms with E-state index >= 15 is 0 Å². The van der Waals surface area contributed by atoms with Gasteiger partial charge in [0.1, 0.15) is 11.0 Å². The predicted octanol–water partition coefficient (Wildman–Crippen LogP) is 2.62. The van der Waals surface area contributed by atoms with Gasteiger partial charge in [0.05, 0.1) is 28.7 Å². The molecule has 0 aliphatic carbocycles. The summed E-state index contributed by atoms with van der Waals surface area (Å²) in [6.45, 7) is 0. The minimum atomic E-state index is -1.03. The van der Waals surface area contributed by atoms with Crippen LogP contribution in [0.25, 0.3) is 0 Å². The Morgan fingerprint density at radius 2 is 2.13 bits per heavy atom. The van der Waals surface area contributed by atoms with Gasteiger partial charge in [-0.15, -0.1) is 5.10 Å². The van der Waals surface area contributed by atoms with Crippen molar-refractivity contribution in [2.24, 2.45) is 10.2 Å². The quantitative estimate of drug-likeness (QED) is 0.515. The maximum atomic E-state index is 11.6. The second-order valence-electron chi connectivity index (χ2n) is 4.36. The van der Waals surface area contributed by atoms with Gasteiger partial charge in [0, 0.05) is 0 Å². The number of benzene rings is 1. The van der Waals surface area contributed by atoms with E-state index in [0.29, 0.717) is 5.75 Å². The maximum absolute atomic E-state index is 11.6. The number of thioether (sulfide) groups is 1. The number of amidine groups is 1. The zero-order valence-corrected chi connectivity index (χ0v) is 15.7. The number of rotatable bonds is 5. The van der Waals surface area contributed by atoms with Crippen LogP contribution in [0.2, 0.25) is 0 Å². The zero-order chi connectivity index (χ0) is 17.0. The lowest BCUT2D eigenvalue weighted by Gasteiger charge is -2.06. The third-order valence-corrected chi connectivity index (χ3v) is 4.97. The minimum Gasteiger partial charge on any atom is -0.494 e. The van der Waals surface area contributed by atoms with E-state index in [1.807, 2.05) is 0 Å². The molecule has 1 aromatic carbocycles. The summed E-state index contributed by atoms with van der Waals surface area (Å²) in [7, 11) is 1.57. The Balaban J connectivity index is 2.07. The van der Waals surface area contributed by atoms with Crippen LogP contribution in [-0.4, -0.2) is 40.7 Å². The van der Waals surface area contributed by atoms with Crippen molar-refractivity contribution in [3.8, 4) is 5.75 Å². The number of halogens is 2. The van der Waals surface area contributed by atoms with Crippen LogP contribution in [-0.2, 0) is 9.59 Å². The number of nitrogens with one attached hydrogen (secondary N) is 1. The molecule has 0 saturated carbocycles. The molecule has 10 heteroatoms. The lowest BCUT2D eigenvalue weighted by Crippen LogP contribution is -2.26. The topological polar surface area (TPSA) is 100 Å². The fourth-order valence-electron chi connectivity index (χ4n) is 1.74. The summed E-state index contributed by atoms with van der Waals surface area (Å²) in [5.74, 6) is -0.736. The Labute approximate surface area is 152 Å². The molecule has 7 nitrogen and oxygen atoms in total. The highest BCUT2D eigenvalue weighted by Crippen LogP contribution is 2.34. The first-order valence-electron chi connectivity index (χ1n) is 6.24. The normalized spacial score (nSPS) is 19.3. The Kier molecular flexibility index (Phi) is 6.19. The predicted molar refractivity (Wildman–Crippen MR) is 95.2 cm³/mol. The number of carbonyl (C=O) groups is 2. The van der Waals surface area contributed by atoms with Gasteiger partial charge in [-0.3, -0.25) is 9.59 Å². The Bertz CT molecular complexity index is 685. The first kappa shape index (κ1) is 18.0. The van der Waals surface area contributed by atoms with Crippen molar-refractivity contribution in [3.05, 3.63) is 26.6 Å². The van der Waals surface area contributed by atoms with Gasteiger partial charge in [0.25, 0.3) is 0 Å². The maximum Gasteiger partial charge on any atom is 0.305 e. The van der Waals surface area contributed by atoms with Crippen LogP contribution in [0.1, 0.15) is 12.0 Å². The summed E-state index contributed by atoms with van der Waals surface area (Å²) in [5, 5.41) is 18.6. The standard InChI is InChI=1S/C13H11Br2N3O4S/c1-22-11-7(14)2-6(3-8(11)15)5-16-18-13-17-12(21)9(23-13)4-10(19)20/h2-3,5,9H,4H2,1H3,(H,19,20)(H,17,18,21)/b16-5-/t9-/m1/s1. The van der Waals surface area contributed by atoms with E-state index in [2.05, 4.69) is 47.4 Å². The molecule has 1 fully saturated rings. The second-order valence-corrected chi connectivity index (χ2v) is 7.26. The van der Waals surface area contributed by atoms with Crippen molar-refractivity contribution in [2.45, 2.75) is 11.7 Å². The van der Waals surface area contributed by atoms with Crippen molar-refractivity contribution in [1.82, 2.24) is 5.32 Å². The number of carbonyl (C=O) groups excluding carboxylic acids is 1.